The maximum Gasteiger partial charge on any atom is 0.289 e. The van der Waals surface area contributed by atoms with Gasteiger partial charge in [0.2, 0.25) is 0 Å². The molecule has 0 spiro atoms. The second-order valence-corrected chi connectivity index (χ2v) is 6.55. The molecule has 0 radical (unpaired) electrons. The zero-order valence-corrected chi connectivity index (χ0v) is 17.2. The molecule has 0 saturated carbocycles. The van der Waals surface area contributed by atoms with E-state index >= 15 is 0 Å². The molecule has 0 aliphatic carbocycles. The van der Waals surface area contributed by atoms with E-state index in [4.69, 9.17) is 21.6 Å². The number of hydrogen-bond donors (Lipinski definition) is 4. The van der Waals surface area contributed by atoms with Crippen molar-refractivity contribution < 1.29 is 27.4 Å². The van der Waals surface area contributed by atoms with Crippen LogP contribution < -0.4 is 16.8 Å². The number of amides is 1. The molecule has 2 heterocycles. The Balaban J connectivity index is 2.21. The van der Waals surface area contributed by atoms with E-state index in [0.717, 1.165) is 19.1 Å². The Morgan fingerprint density at radius 2 is 2.12 bits per heavy atom. The molecule has 1 atom stereocenters. The highest BCUT2D eigenvalue weighted by Crippen LogP contribution is 2.34. The predicted molar refractivity (Wildman–Crippen MR) is 111 cm³/mol. The number of amidine groups is 1. The van der Waals surface area contributed by atoms with Crippen LogP contribution >= 0.6 is 0 Å². The lowest BCUT2D eigenvalue weighted by Crippen LogP contribution is -2.34. The second kappa shape index (κ2) is 10.5. The van der Waals surface area contributed by atoms with Gasteiger partial charge in [-0.15, -0.1) is 0 Å². The van der Waals surface area contributed by atoms with Gasteiger partial charge in [0.1, 0.15) is 18.2 Å². The number of hydrogen-bond acceptors (Lipinski definition) is 7. The number of halogens is 3. The van der Waals surface area contributed by atoms with E-state index in [0.29, 0.717) is 5.56 Å². The molecule has 12 heteroatoms. The molecule has 32 heavy (non-hydrogen) atoms. The quantitative estimate of drug-likeness (QED) is 0.287. The van der Waals surface area contributed by atoms with Gasteiger partial charge in [0.25, 0.3) is 17.9 Å². The second-order valence-electron chi connectivity index (χ2n) is 6.55. The fourth-order valence-electron chi connectivity index (χ4n) is 2.46. The van der Waals surface area contributed by atoms with Gasteiger partial charge < -0.3 is 26.3 Å². The molecule has 2 aromatic heterocycles. The van der Waals surface area contributed by atoms with E-state index in [2.05, 4.69) is 31.9 Å². The van der Waals surface area contributed by atoms with Crippen molar-refractivity contribution in [3.05, 3.63) is 47.2 Å². The third kappa shape index (κ3) is 6.32. The van der Waals surface area contributed by atoms with Gasteiger partial charge in [0, 0.05) is 18.9 Å². The van der Waals surface area contributed by atoms with Crippen molar-refractivity contribution in [2.24, 2.45) is 5.73 Å². The monoisotopic (exact) mass is 450 g/mol. The summed E-state index contributed by atoms with van der Waals surface area (Å²) < 4.78 is 51.9. The van der Waals surface area contributed by atoms with E-state index in [1.807, 2.05) is 0 Å². The van der Waals surface area contributed by atoms with E-state index in [1.54, 1.807) is 0 Å². The van der Waals surface area contributed by atoms with Crippen LogP contribution in [0.3, 0.4) is 0 Å². The Bertz CT molecular complexity index is 1070. The SMILES string of the molecule is COCC#Cc1cnc(C(=O)Nc2ccc(F)c([C@H](C)C(F)(F)COC(=N)N)n2)c(N)c1. The number of pyridine rings is 2. The highest BCUT2D eigenvalue weighted by atomic mass is 19.3. The van der Waals surface area contributed by atoms with E-state index < -0.39 is 41.9 Å². The third-order valence-corrected chi connectivity index (χ3v) is 4.16. The van der Waals surface area contributed by atoms with Crippen molar-refractivity contribution in [2.75, 3.05) is 31.4 Å². The van der Waals surface area contributed by atoms with Crippen molar-refractivity contribution in [3.63, 3.8) is 0 Å². The number of nitrogens with two attached hydrogens (primary N) is 2. The molecule has 6 N–H and O–H groups in total. The standard InChI is InChI=1S/C20H21F3N6O3/c1-11(20(22,23)10-32-19(25)26)16-13(21)5-6-15(28-16)29-18(30)17-14(24)8-12(9-27-17)4-3-7-31-2/h5-6,8-9,11H,7,10,24H2,1-2H3,(H3,25,26)(H,28,29,30)/t11-/m0/s1. The number of aromatic nitrogens is 2. The zero-order chi connectivity index (χ0) is 23.9. The largest absolute Gasteiger partial charge is 0.459 e. The third-order valence-electron chi connectivity index (χ3n) is 4.16. The van der Waals surface area contributed by atoms with Gasteiger partial charge >= 0.3 is 0 Å². The highest BCUT2D eigenvalue weighted by molar-refractivity contribution is 6.05. The van der Waals surface area contributed by atoms with Gasteiger partial charge in [0.05, 0.1) is 17.3 Å². The minimum atomic E-state index is -3.59. The maximum absolute atomic E-state index is 14.3. The van der Waals surface area contributed by atoms with Gasteiger partial charge in [-0.1, -0.05) is 18.8 Å². The average molecular weight is 450 g/mol. The minimum absolute atomic E-state index is 0.0235. The molecule has 0 aliphatic rings. The lowest BCUT2D eigenvalue weighted by atomic mass is 9.99. The molecule has 9 nitrogen and oxygen atoms in total. The Labute approximate surface area is 181 Å². The summed E-state index contributed by atoms with van der Waals surface area (Å²) in [5, 5.41) is 9.23. The van der Waals surface area contributed by atoms with Gasteiger partial charge in [-0.2, -0.15) is 0 Å². The van der Waals surface area contributed by atoms with Gasteiger partial charge in [-0.3, -0.25) is 10.2 Å². The molecular weight excluding hydrogens is 429 g/mol. The molecule has 2 rings (SSSR count). The first-order chi connectivity index (χ1) is 15.0. The van der Waals surface area contributed by atoms with E-state index in [-0.39, 0.29) is 23.8 Å². The average Bonchev–Trinajstić information content (AvgIpc) is 2.73. The summed E-state index contributed by atoms with van der Waals surface area (Å²) >= 11 is 0. The summed E-state index contributed by atoms with van der Waals surface area (Å²) in [6, 6.07) is 2.54. The first-order valence-corrected chi connectivity index (χ1v) is 9.11. The van der Waals surface area contributed by atoms with Crippen LogP contribution in [0.4, 0.5) is 24.7 Å². The Morgan fingerprint density at radius 1 is 1.41 bits per heavy atom. The number of carbonyl (C=O) groups excluding carboxylic acids is 1. The van der Waals surface area contributed by atoms with Crippen LogP contribution in [-0.2, 0) is 9.47 Å². The number of alkyl halides is 2. The number of nitrogens with one attached hydrogen (secondary N) is 2. The summed E-state index contributed by atoms with van der Waals surface area (Å²) in [5.74, 6) is -1.83. The van der Waals surface area contributed by atoms with Crippen molar-refractivity contribution >= 4 is 23.4 Å². The van der Waals surface area contributed by atoms with Crippen LogP contribution in [0.25, 0.3) is 0 Å². The molecule has 2 aromatic rings. The van der Waals surface area contributed by atoms with Gasteiger partial charge in [-0.05, 0) is 18.2 Å². The van der Waals surface area contributed by atoms with Crippen LogP contribution in [0.5, 0.6) is 0 Å². The summed E-state index contributed by atoms with van der Waals surface area (Å²) in [4.78, 5) is 20.3. The topological polar surface area (TPSA) is 149 Å². The number of carbonyl (C=O) groups is 1. The van der Waals surface area contributed by atoms with Crippen molar-refractivity contribution in [1.29, 1.82) is 5.41 Å². The van der Waals surface area contributed by atoms with Crippen LogP contribution in [0.15, 0.2) is 24.4 Å². The molecule has 0 saturated heterocycles. The minimum Gasteiger partial charge on any atom is -0.459 e. The number of ether oxygens (including phenoxy) is 2. The molecule has 0 aliphatic heterocycles. The van der Waals surface area contributed by atoms with Crippen molar-refractivity contribution in [3.8, 4) is 11.8 Å². The number of anilines is 2. The molecule has 0 aromatic carbocycles. The Kier molecular flexibility index (Phi) is 7.97. The molecule has 0 unspecified atom stereocenters. The van der Waals surface area contributed by atoms with Crippen LogP contribution in [-0.4, -0.2) is 48.1 Å². The summed E-state index contributed by atoms with van der Waals surface area (Å²) in [6.45, 7) is 0.00371. The van der Waals surface area contributed by atoms with Crippen LogP contribution in [0, 0.1) is 23.1 Å². The molecule has 170 valence electrons. The molecule has 0 fully saturated rings. The fourth-order valence-corrected chi connectivity index (χ4v) is 2.46. The van der Waals surface area contributed by atoms with Crippen molar-refractivity contribution in [2.45, 2.75) is 18.8 Å². The zero-order valence-electron chi connectivity index (χ0n) is 17.2. The number of rotatable bonds is 7. The van der Waals surface area contributed by atoms with E-state index in [9.17, 15) is 18.0 Å². The first kappa shape index (κ1) is 24.4. The lowest BCUT2D eigenvalue weighted by molar-refractivity contribution is -0.0659. The highest BCUT2D eigenvalue weighted by Gasteiger charge is 2.41. The Morgan fingerprint density at radius 3 is 2.75 bits per heavy atom. The Hall–Kier alpha value is -3.85. The van der Waals surface area contributed by atoms with Crippen LogP contribution in [0.1, 0.15) is 34.6 Å². The lowest BCUT2D eigenvalue weighted by Gasteiger charge is -2.23. The maximum atomic E-state index is 14.3. The summed E-state index contributed by atoms with van der Waals surface area (Å²) in [6.07, 6.45) is 1.33. The van der Waals surface area contributed by atoms with E-state index in [1.165, 1.54) is 19.4 Å². The smallest absolute Gasteiger partial charge is 0.289 e. The summed E-state index contributed by atoms with van der Waals surface area (Å²) in [5.41, 5.74) is 10.5. The molecule has 0 bridgehead atoms. The van der Waals surface area contributed by atoms with Crippen molar-refractivity contribution in [1.82, 2.24) is 9.97 Å². The number of nitrogens with zero attached hydrogens (tertiary/aromatic N) is 2. The predicted octanol–water partition coefficient (Wildman–Crippen LogP) is 2.10. The fraction of sp³-hybridized carbons (Fsp3) is 0.300. The number of nitrogen functional groups attached to an aromatic ring is 1. The summed E-state index contributed by atoms with van der Waals surface area (Å²) in [7, 11) is 1.49. The number of methoxy groups -OCH3 is 1. The normalized spacial score (nSPS) is 11.8. The van der Waals surface area contributed by atoms with Gasteiger partial charge in [0.15, 0.2) is 12.3 Å². The molecule has 1 amide bonds. The van der Waals surface area contributed by atoms with Gasteiger partial charge in [-0.25, -0.2) is 23.1 Å². The van der Waals surface area contributed by atoms with Crippen LogP contribution in [0.2, 0.25) is 0 Å². The first-order valence-electron chi connectivity index (χ1n) is 9.11. The molecular formula is C20H21F3N6O3.